The topological polar surface area (TPSA) is 118 Å². The molecule has 2 rings (SSSR count). The van der Waals surface area contributed by atoms with Crippen molar-refractivity contribution in [3.63, 3.8) is 0 Å². The van der Waals surface area contributed by atoms with E-state index in [1.807, 2.05) is 6.92 Å². The molecule has 112 valence electrons. The zero-order chi connectivity index (χ0) is 14.9. The maximum absolute atomic E-state index is 12.5. The molecule has 20 heavy (non-hydrogen) atoms. The smallest absolute Gasteiger partial charge is 0.272 e. The molecule has 0 radical (unpaired) electrons. The molecule has 2 heterocycles. The van der Waals surface area contributed by atoms with Gasteiger partial charge in [0.15, 0.2) is 0 Å². The van der Waals surface area contributed by atoms with E-state index in [1.165, 1.54) is 11.2 Å². The van der Waals surface area contributed by atoms with Crippen LogP contribution in [0.4, 0.5) is 5.13 Å². The number of aromatic nitrogens is 2. The quantitative estimate of drug-likeness (QED) is 0.757. The van der Waals surface area contributed by atoms with Crippen molar-refractivity contribution in [2.24, 2.45) is 5.73 Å². The largest absolute Gasteiger partial charge is 0.328 e. The summed E-state index contributed by atoms with van der Waals surface area (Å²) in [5.74, 6) is -0.317. The summed E-state index contributed by atoms with van der Waals surface area (Å²) in [6, 6.07) is -0.141. The number of carbonyl (C=O) groups is 1. The summed E-state index contributed by atoms with van der Waals surface area (Å²) >= 11 is 0.850. The van der Waals surface area contributed by atoms with Crippen LogP contribution in [-0.2, 0) is 14.8 Å². The van der Waals surface area contributed by atoms with Crippen LogP contribution in [0.1, 0.15) is 26.7 Å². The third-order valence-electron chi connectivity index (χ3n) is 3.07. The van der Waals surface area contributed by atoms with Gasteiger partial charge in [-0.3, -0.25) is 4.79 Å². The molecule has 1 saturated heterocycles. The molecule has 2 atom stereocenters. The minimum absolute atomic E-state index is 0.0285. The predicted octanol–water partition coefficient (Wildman–Crippen LogP) is -0.00320. The molecule has 1 fully saturated rings. The second-order valence-electron chi connectivity index (χ2n) is 4.80. The molecule has 0 saturated carbocycles. The number of nitrogens with one attached hydrogen (secondary N) is 1. The third kappa shape index (κ3) is 3.14. The van der Waals surface area contributed by atoms with E-state index in [1.54, 1.807) is 0 Å². The number of piperidine rings is 1. The number of sulfonamides is 1. The monoisotopic (exact) mass is 319 g/mol. The van der Waals surface area contributed by atoms with E-state index in [2.05, 4.69) is 15.5 Å². The maximum atomic E-state index is 12.5. The van der Waals surface area contributed by atoms with Crippen LogP contribution in [-0.4, -0.2) is 47.5 Å². The lowest BCUT2D eigenvalue weighted by Crippen LogP contribution is -2.48. The highest BCUT2D eigenvalue weighted by Gasteiger charge is 2.35. The molecule has 2 unspecified atom stereocenters. The number of amides is 1. The SMILES string of the molecule is CC(=O)Nc1nnc(S(=O)(=O)N2CCC(N)CC2C)s1. The van der Waals surface area contributed by atoms with Gasteiger partial charge >= 0.3 is 0 Å². The van der Waals surface area contributed by atoms with E-state index >= 15 is 0 Å². The first-order valence-electron chi connectivity index (χ1n) is 6.19. The molecule has 0 spiro atoms. The summed E-state index contributed by atoms with van der Waals surface area (Å²) in [4.78, 5) is 10.9. The summed E-state index contributed by atoms with van der Waals surface area (Å²) in [5, 5.41) is 9.93. The molecule has 0 aliphatic carbocycles. The molecule has 1 aromatic rings. The van der Waals surface area contributed by atoms with E-state index in [-0.39, 0.29) is 27.5 Å². The average molecular weight is 319 g/mol. The fourth-order valence-electron chi connectivity index (χ4n) is 2.16. The highest BCUT2D eigenvalue weighted by Crippen LogP contribution is 2.28. The minimum atomic E-state index is -3.68. The summed E-state index contributed by atoms with van der Waals surface area (Å²) < 4.78 is 26.3. The van der Waals surface area contributed by atoms with Crippen molar-refractivity contribution in [1.82, 2.24) is 14.5 Å². The van der Waals surface area contributed by atoms with Crippen LogP contribution in [0.5, 0.6) is 0 Å². The minimum Gasteiger partial charge on any atom is -0.328 e. The molecule has 1 aromatic heterocycles. The van der Waals surface area contributed by atoms with Gasteiger partial charge in [-0.25, -0.2) is 8.42 Å². The fraction of sp³-hybridized carbons (Fsp3) is 0.700. The lowest BCUT2D eigenvalue weighted by atomic mass is 10.0. The molecular weight excluding hydrogens is 302 g/mol. The normalized spacial score (nSPS) is 24.6. The molecular formula is C10H17N5O3S2. The predicted molar refractivity (Wildman–Crippen MR) is 74.8 cm³/mol. The van der Waals surface area contributed by atoms with Crippen LogP contribution in [0.2, 0.25) is 0 Å². The fourth-order valence-corrected chi connectivity index (χ4v) is 4.88. The number of anilines is 1. The van der Waals surface area contributed by atoms with Crippen molar-refractivity contribution >= 4 is 32.4 Å². The summed E-state index contributed by atoms with van der Waals surface area (Å²) in [6.45, 7) is 3.52. The number of hydrogen-bond donors (Lipinski definition) is 2. The highest BCUT2D eigenvalue weighted by atomic mass is 32.2. The maximum Gasteiger partial charge on any atom is 0.272 e. The van der Waals surface area contributed by atoms with Crippen molar-refractivity contribution in [2.75, 3.05) is 11.9 Å². The molecule has 1 aliphatic heterocycles. The van der Waals surface area contributed by atoms with Crippen LogP contribution in [0.3, 0.4) is 0 Å². The van der Waals surface area contributed by atoms with Crippen LogP contribution in [0.15, 0.2) is 4.34 Å². The van der Waals surface area contributed by atoms with E-state index in [0.29, 0.717) is 19.4 Å². The van der Waals surface area contributed by atoms with Gasteiger partial charge < -0.3 is 11.1 Å². The van der Waals surface area contributed by atoms with Crippen LogP contribution in [0.25, 0.3) is 0 Å². The Balaban J connectivity index is 2.21. The molecule has 1 aliphatic rings. The van der Waals surface area contributed by atoms with Gasteiger partial charge in [0.2, 0.25) is 15.4 Å². The van der Waals surface area contributed by atoms with Crippen molar-refractivity contribution in [1.29, 1.82) is 0 Å². The summed E-state index contributed by atoms with van der Waals surface area (Å²) in [7, 11) is -3.68. The van der Waals surface area contributed by atoms with E-state index < -0.39 is 10.0 Å². The van der Waals surface area contributed by atoms with Gasteiger partial charge in [-0.1, -0.05) is 11.3 Å². The molecule has 0 aromatic carbocycles. The van der Waals surface area contributed by atoms with E-state index in [4.69, 9.17) is 5.73 Å². The molecule has 1 amide bonds. The number of carbonyl (C=O) groups excluding carboxylic acids is 1. The average Bonchev–Trinajstić information content (AvgIpc) is 2.76. The van der Waals surface area contributed by atoms with Crippen LogP contribution < -0.4 is 11.1 Å². The number of hydrogen-bond acceptors (Lipinski definition) is 7. The van der Waals surface area contributed by atoms with Gasteiger partial charge in [-0.15, -0.1) is 10.2 Å². The van der Waals surface area contributed by atoms with Gasteiger partial charge in [0.25, 0.3) is 10.0 Å². The lowest BCUT2D eigenvalue weighted by molar-refractivity contribution is -0.114. The van der Waals surface area contributed by atoms with Crippen molar-refractivity contribution in [3.8, 4) is 0 Å². The van der Waals surface area contributed by atoms with Crippen LogP contribution in [0, 0.1) is 0 Å². The van der Waals surface area contributed by atoms with Gasteiger partial charge in [0, 0.05) is 25.6 Å². The zero-order valence-corrected chi connectivity index (χ0v) is 12.9. The van der Waals surface area contributed by atoms with Gasteiger partial charge in [-0.2, -0.15) is 4.31 Å². The highest BCUT2D eigenvalue weighted by molar-refractivity contribution is 7.91. The number of rotatable bonds is 3. The Morgan fingerprint density at radius 1 is 1.50 bits per heavy atom. The van der Waals surface area contributed by atoms with E-state index in [0.717, 1.165) is 11.3 Å². The summed E-state index contributed by atoms with van der Waals surface area (Å²) in [6.07, 6.45) is 1.25. The van der Waals surface area contributed by atoms with Gasteiger partial charge in [0.05, 0.1) is 0 Å². The number of nitrogens with two attached hydrogens (primary N) is 1. The Labute approximate surface area is 121 Å². The Morgan fingerprint density at radius 2 is 2.20 bits per heavy atom. The number of nitrogens with zero attached hydrogens (tertiary/aromatic N) is 3. The first-order chi connectivity index (χ1) is 9.30. The van der Waals surface area contributed by atoms with E-state index in [9.17, 15) is 13.2 Å². The third-order valence-corrected chi connectivity index (χ3v) is 6.27. The lowest BCUT2D eigenvalue weighted by Gasteiger charge is -2.34. The van der Waals surface area contributed by atoms with Crippen molar-refractivity contribution in [3.05, 3.63) is 0 Å². The molecule has 3 N–H and O–H groups in total. The molecule has 8 nitrogen and oxygen atoms in total. The van der Waals surface area contributed by atoms with Gasteiger partial charge in [0.1, 0.15) is 0 Å². The molecule has 0 bridgehead atoms. The standard InChI is InChI=1S/C10H17N5O3S2/c1-6-5-8(11)3-4-15(6)20(17,18)10-14-13-9(19-10)12-7(2)16/h6,8H,3-5,11H2,1-2H3,(H,12,13,16). The Morgan fingerprint density at radius 3 is 2.80 bits per heavy atom. The second-order valence-corrected chi connectivity index (χ2v) is 7.85. The first-order valence-corrected chi connectivity index (χ1v) is 8.45. The Kier molecular flexibility index (Phi) is 4.37. The molecule has 10 heteroatoms. The van der Waals surface area contributed by atoms with Crippen molar-refractivity contribution < 1.29 is 13.2 Å². The van der Waals surface area contributed by atoms with Gasteiger partial charge in [-0.05, 0) is 19.8 Å². The zero-order valence-electron chi connectivity index (χ0n) is 11.2. The Hall–Kier alpha value is -1.10. The Bertz CT molecular complexity index is 600. The first kappa shape index (κ1) is 15.3. The summed E-state index contributed by atoms with van der Waals surface area (Å²) in [5.41, 5.74) is 5.83. The van der Waals surface area contributed by atoms with Crippen LogP contribution >= 0.6 is 11.3 Å². The van der Waals surface area contributed by atoms with Crippen molar-refractivity contribution in [2.45, 2.75) is 43.1 Å². The second kappa shape index (κ2) is 5.72.